The fraction of sp³-hybridized carbons (Fsp3) is 0.467. The molecule has 0 aromatic carbocycles. The summed E-state index contributed by atoms with van der Waals surface area (Å²) >= 11 is 1.18. The normalized spacial score (nSPS) is 18.8. The Morgan fingerprint density at radius 2 is 2.33 bits per heavy atom. The topological polar surface area (TPSA) is 84.3 Å². The summed E-state index contributed by atoms with van der Waals surface area (Å²) in [7, 11) is -1.74. The van der Waals surface area contributed by atoms with Crippen molar-refractivity contribution in [2.45, 2.75) is 29.5 Å². The molecule has 1 aliphatic rings. The second-order valence-corrected chi connectivity index (χ2v) is 8.83. The Hall–Kier alpha value is -1.71. The van der Waals surface area contributed by atoms with Crippen LogP contribution in [0.1, 0.15) is 18.4 Å². The zero-order valence-corrected chi connectivity index (χ0v) is 15.0. The standard InChI is InChI=1S/C15H20N4O3S2/c1-18-11-12(10-17-18)6-7-16-15(20)13-4-2-8-19(13)24(21,22)14-5-3-9-23-14/h3,5,9-11,13H,2,4,6-8H2,1H3,(H,16,20)/t13-/m0/s1. The molecule has 2 aromatic heterocycles. The SMILES string of the molecule is Cn1cc(CCNC(=O)[C@@H]2CCCN2S(=O)(=O)c2cccs2)cn1. The van der Waals surface area contributed by atoms with E-state index in [0.29, 0.717) is 32.4 Å². The predicted octanol–water partition coefficient (Wildman–Crippen LogP) is 0.994. The van der Waals surface area contributed by atoms with Gasteiger partial charge in [0.2, 0.25) is 5.91 Å². The van der Waals surface area contributed by atoms with E-state index in [1.807, 2.05) is 13.2 Å². The molecule has 0 saturated carbocycles. The van der Waals surface area contributed by atoms with Crippen LogP contribution in [0.3, 0.4) is 0 Å². The number of carbonyl (C=O) groups is 1. The molecule has 24 heavy (non-hydrogen) atoms. The van der Waals surface area contributed by atoms with Gasteiger partial charge in [-0.15, -0.1) is 11.3 Å². The Balaban J connectivity index is 1.61. The van der Waals surface area contributed by atoms with Crippen LogP contribution in [-0.4, -0.2) is 47.5 Å². The Morgan fingerprint density at radius 3 is 3.00 bits per heavy atom. The van der Waals surface area contributed by atoms with E-state index in [1.54, 1.807) is 28.4 Å². The van der Waals surface area contributed by atoms with Crippen LogP contribution in [0.5, 0.6) is 0 Å². The van der Waals surface area contributed by atoms with Gasteiger partial charge in [-0.2, -0.15) is 9.40 Å². The Morgan fingerprint density at radius 1 is 1.50 bits per heavy atom. The Kier molecular flexibility index (Phi) is 5.02. The molecule has 0 aliphatic carbocycles. The van der Waals surface area contributed by atoms with Gasteiger partial charge in [0.05, 0.1) is 6.20 Å². The fourth-order valence-corrected chi connectivity index (χ4v) is 5.64. The molecule has 0 bridgehead atoms. The molecular weight excluding hydrogens is 348 g/mol. The van der Waals surface area contributed by atoms with Crippen LogP contribution in [-0.2, 0) is 28.3 Å². The lowest BCUT2D eigenvalue weighted by Crippen LogP contribution is -2.46. The number of hydrogen-bond donors (Lipinski definition) is 1. The van der Waals surface area contributed by atoms with E-state index in [9.17, 15) is 13.2 Å². The molecule has 1 fully saturated rings. The monoisotopic (exact) mass is 368 g/mol. The molecule has 3 rings (SSSR count). The van der Waals surface area contributed by atoms with E-state index < -0.39 is 16.1 Å². The van der Waals surface area contributed by atoms with Crippen molar-refractivity contribution in [2.75, 3.05) is 13.1 Å². The number of hydrogen-bond acceptors (Lipinski definition) is 5. The zero-order chi connectivity index (χ0) is 17.2. The largest absolute Gasteiger partial charge is 0.354 e. The summed E-state index contributed by atoms with van der Waals surface area (Å²) in [5.41, 5.74) is 1.03. The number of sulfonamides is 1. The Labute approximate surface area is 145 Å². The lowest BCUT2D eigenvalue weighted by Gasteiger charge is -2.22. The van der Waals surface area contributed by atoms with Crippen molar-refractivity contribution in [1.82, 2.24) is 19.4 Å². The third-order valence-corrected chi connectivity index (χ3v) is 7.32. The van der Waals surface area contributed by atoms with Crippen LogP contribution in [0.15, 0.2) is 34.1 Å². The van der Waals surface area contributed by atoms with Gasteiger partial charge in [-0.05, 0) is 36.3 Å². The molecule has 7 nitrogen and oxygen atoms in total. The smallest absolute Gasteiger partial charge is 0.253 e. The molecule has 1 saturated heterocycles. The Bertz CT molecular complexity index is 799. The minimum atomic E-state index is -3.59. The zero-order valence-electron chi connectivity index (χ0n) is 13.4. The van der Waals surface area contributed by atoms with Gasteiger partial charge in [-0.1, -0.05) is 6.07 Å². The van der Waals surface area contributed by atoms with Gasteiger partial charge in [0.1, 0.15) is 10.3 Å². The van der Waals surface area contributed by atoms with Crippen LogP contribution < -0.4 is 5.32 Å². The van der Waals surface area contributed by atoms with Gasteiger partial charge >= 0.3 is 0 Å². The minimum Gasteiger partial charge on any atom is -0.354 e. The van der Waals surface area contributed by atoms with E-state index >= 15 is 0 Å². The average Bonchev–Trinajstić information content (AvgIpc) is 3.29. The van der Waals surface area contributed by atoms with Crippen molar-refractivity contribution in [1.29, 1.82) is 0 Å². The molecule has 2 aromatic rings. The van der Waals surface area contributed by atoms with Crippen LogP contribution in [0.2, 0.25) is 0 Å². The maximum Gasteiger partial charge on any atom is 0.253 e. The molecule has 130 valence electrons. The molecule has 3 heterocycles. The number of aromatic nitrogens is 2. The number of amides is 1. The van der Waals surface area contributed by atoms with Crippen molar-refractivity contribution < 1.29 is 13.2 Å². The summed E-state index contributed by atoms with van der Waals surface area (Å²) in [5.74, 6) is -0.225. The number of nitrogens with zero attached hydrogens (tertiary/aromatic N) is 3. The molecule has 1 atom stereocenters. The van der Waals surface area contributed by atoms with Gasteiger partial charge in [0.15, 0.2) is 0 Å². The number of rotatable bonds is 6. The minimum absolute atomic E-state index is 0.225. The highest BCUT2D eigenvalue weighted by Gasteiger charge is 2.39. The van der Waals surface area contributed by atoms with Gasteiger partial charge in [-0.3, -0.25) is 9.48 Å². The van der Waals surface area contributed by atoms with E-state index in [4.69, 9.17) is 0 Å². The van der Waals surface area contributed by atoms with Gasteiger partial charge in [-0.25, -0.2) is 8.42 Å². The predicted molar refractivity (Wildman–Crippen MR) is 91.2 cm³/mol. The number of carbonyl (C=O) groups excluding carboxylic acids is 1. The molecule has 0 radical (unpaired) electrons. The lowest BCUT2D eigenvalue weighted by molar-refractivity contribution is -0.124. The maximum absolute atomic E-state index is 12.7. The third kappa shape index (κ3) is 3.52. The highest BCUT2D eigenvalue weighted by atomic mass is 32.2. The second-order valence-electron chi connectivity index (χ2n) is 5.77. The van der Waals surface area contributed by atoms with Crippen LogP contribution in [0.4, 0.5) is 0 Å². The average molecular weight is 368 g/mol. The summed E-state index contributed by atoms with van der Waals surface area (Å²) in [5, 5.41) is 8.66. The maximum atomic E-state index is 12.7. The number of aryl methyl sites for hydroxylation is 1. The summed E-state index contributed by atoms with van der Waals surface area (Å²) in [6.45, 7) is 0.856. The lowest BCUT2D eigenvalue weighted by atomic mass is 10.2. The second kappa shape index (κ2) is 7.04. The first-order chi connectivity index (χ1) is 11.5. The first-order valence-electron chi connectivity index (χ1n) is 7.79. The quantitative estimate of drug-likeness (QED) is 0.824. The van der Waals surface area contributed by atoms with E-state index in [0.717, 1.165) is 5.56 Å². The molecule has 1 aliphatic heterocycles. The van der Waals surface area contributed by atoms with Crippen molar-refractivity contribution in [3.8, 4) is 0 Å². The van der Waals surface area contributed by atoms with Crippen molar-refractivity contribution in [3.63, 3.8) is 0 Å². The molecule has 0 unspecified atom stereocenters. The van der Waals surface area contributed by atoms with Gasteiger partial charge < -0.3 is 5.32 Å². The van der Waals surface area contributed by atoms with E-state index in [1.165, 1.54) is 15.6 Å². The van der Waals surface area contributed by atoms with Crippen LogP contribution >= 0.6 is 11.3 Å². The summed E-state index contributed by atoms with van der Waals surface area (Å²) < 4.78 is 28.6. The highest BCUT2D eigenvalue weighted by molar-refractivity contribution is 7.91. The summed E-state index contributed by atoms with van der Waals surface area (Å²) in [6.07, 6.45) is 5.59. The third-order valence-electron chi connectivity index (χ3n) is 4.04. The van der Waals surface area contributed by atoms with Crippen molar-refractivity contribution in [3.05, 3.63) is 35.5 Å². The molecule has 0 spiro atoms. The van der Waals surface area contributed by atoms with Crippen LogP contribution in [0.25, 0.3) is 0 Å². The first-order valence-corrected chi connectivity index (χ1v) is 10.1. The van der Waals surface area contributed by atoms with E-state index in [2.05, 4.69) is 10.4 Å². The van der Waals surface area contributed by atoms with Crippen molar-refractivity contribution in [2.24, 2.45) is 7.05 Å². The van der Waals surface area contributed by atoms with Gasteiger partial charge in [0, 0.05) is 26.3 Å². The van der Waals surface area contributed by atoms with Gasteiger partial charge in [0.25, 0.3) is 10.0 Å². The number of thiophene rings is 1. The summed E-state index contributed by atoms with van der Waals surface area (Å²) in [6, 6.07) is 2.66. The summed E-state index contributed by atoms with van der Waals surface area (Å²) in [4.78, 5) is 12.4. The fourth-order valence-electron chi connectivity index (χ4n) is 2.86. The molecular formula is C15H20N4O3S2. The number of nitrogens with one attached hydrogen (secondary N) is 1. The first kappa shape index (κ1) is 17.1. The molecule has 1 amide bonds. The highest BCUT2D eigenvalue weighted by Crippen LogP contribution is 2.28. The molecule has 9 heteroatoms. The van der Waals surface area contributed by atoms with E-state index in [-0.39, 0.29) is 10.1 Å². The van der Waals surface area contributed by atoms with Crippen molar-refractivity contribution >= 4 is 27.3 Å². The molecule has 1 N–H and O–H groups in total. The van der Waals surface area contributed by atoms with Crippen LogP contribution in [0, 0.1) is 0 Å².